The second-order valence-corrected chi connectivity index (χ2v) is 7.32. The molecule has 0 aliphatic rings. The van der Waals surface area contributed by atoms with Crippen molar-refractivity contribution in [2.75, 3.05) is 0 Å². The number of benzene rings is 2. The number of hydrogen-bond donors (Lipinski definition) is 0. The van der Waals surface area contributed by atoms with Crippen LogP contribution < -0.4 is 0 Å². The lowest BCUT2D eigenvalue weighted by molar-refractivity contribution is 0.596. The highest BCUT2D eigenvalue weighted by molar-refractivity contribution is 7.91. The predicted octanol–water partition coefficient (Wildman–Crippen LogP) is 5.13. The SMILES string of the molecule is O=S(=O)(c1cc(Cl)cc(Cl)c1)c1ccc(Cl)cc1Cl. The lowest BCUT2D eigenvalue weighted by Crippen LogP contribution is -2.03. The largest absolute Gasteiger partial charge is 0.218 e. The molecule has 0 atom stereocenters. The van der Waals surface area contributed by atoms with Crippen molar-refractivity contribution in [1.82, 2.24) is 0 Å². The first-order chi connectivity index (χ1) is 8.80. The molecule has 0 aromatic heterocycles. The smallest absolute Gasteiger partial charge is 0.208 e. The first-order valence-electron chi connectivity index (χ1n) is 4.97. The minimum Gasteiger partial charge on any atom is -0.218 e. The van der Waals surface area contributed by atoms with Crippen molar-refractivity contribution in [2.45, 2.75) is 9.79 Å². The van der Waals surface area contributed by atoms with Gasteiger partial charge in [0.05, 0.1) is 14.8 Å². The molecule has 19 heavy (non-hydrogen) atoms. The van der Waals surface area contributed by atoms with Crippen LogP contribution in [0.2, 0.25) is 20.1 Å². The molecule has 0 bridgehead atoms. The number of halogens is 4. The van der Waals surface area contributed by atoms with Crippen molar-refractivity contribution in [3.05, 3.63) is 56.5 Å². The second kappa shape index (κ2) is 5.51. The fourth-order valence-electron chi connectivity index (χ4n) is 1.50. The Morgan fingerprint density at radius 1 is 0.737 bits per heavy atom. The number of sulfone groups is 1. The second-order valence-electron chi connectivity index (χ2n) is 3.68. The van der Waals surface area contributed by atoms with Crippen molar-refractivity contribution >= 4 is 56.2 Å². The summed E-state index contributed by atoms with van der Waals surface area (Å²) in [5, 5.41) is 0.865. The summed E-state index contributed by atoms with van der Waals surface area (Å²) < 4.78 is 24.9. The van der Waals surface area contributed by atoms with Crippen LogP contribution in [0.15, 0.2) is 46.2 Å². The minimum atomic E-state index is -3.79. The quantitative estimate of drug-likeness (QED) is 0.747. The molecule has 0 aliphatic heterocycles. The van der Waals surface area contributed by atoms with Gasteiger partial charge in [0.25, 0.3) is 0 Å². The Morgan fingerprint density at radius 3 is 1.84 bits per heavy atom. The predicted molar refractivity (Wildman–Crippen MR) is 78.4 cm³/mol. The van der Waals surface area contributed by atoms with Gasteiger partial charge in [0.15, 0.2) is 0 Å². The van der Waals surface area contributed by atoms with Gasteiger partial charge in [-0.25, -0.2) is 8.42 Å². The maximum absolute atomic E-state index is 12.4. The molecule has 0 heterocycles. The standard InChI is InChI=1S/C12H6Cl4O2S/c13-7-1-2-12(11(16)6-7)19(17,18)10-4-8(14)3-9(15)5-10/h1-6H. The van der Waals surface area contributed by atoms with Crippen LogP contribution in [0, 0.1) is 0 Å². The molecule has 0 radical (unpaired) electrons. The molecule has 2 aromatic carbocycles. The van der Waals surface area contributed by atoms with Gasteiger partial charge >= 0.3 is 0 Å². The molecule has 7 heteroatoms. The Balaban J connectivity index is 2.65. The fraction of sp³-hybridized carbons (Fsp3) is 0. The van der Waals surface area contributed by atoms with E-state index in [1.54, 1.807) is 0 Å². The normalized spacial score (nSPS) is 11.6. The van der Waals surface area contributed by atoms with E-state index in [1.807, 2.05) is 0 Å². The van der Waals surface area contributed by atoms with E-state index in [-0.39, 0.29) is 24.9 Å². The van der Waals surface area contributed by atoms with Crippen molar-refractivity contribution in [2.24, 2.45) is 0 Å². The molecule has 0 spiro atoms. The summed E-state index contributed by atoms with van der Waals surface area (Å²) in [6, 6.07) is 8.23. The van der Waals surface area contributed by atoms with Gasteiger partial charge in [-0.1, -0.05) is 46.4 Å². The highest BCUT2D eigenvalue weighted by atomic mass is 35.5. The Labute approximate surface area is 130 Å². The van der Waals surface area contributed by atoms with Crippen molar-refractivity contribution < 1.29 is 8.42 Å². The molecule has 0 amide bonds. The summed E-state index contributed by atoms with van der Waals surface area (Å²) in [6.07, 6.45) is 0. The summed E-state index contributed by atoms with van der Waals surface area (Å²) in [6.45, 7) is 0. The van der Waals surface area contributed by atoms with Crippen LogP contribution in [0.5, 0.6) is 0 Å². The Kier molecular flexibility index (Phi) is 4.33. The van der Waals surface area contributed by atoms with Gasteiger partial charge in [-0.05, 0) is 36.4 Å². The van der Waals surface area contributed by atoms with Crippen LogP contribution in [0.3, 0.4) is 0 Å². The van der Waals surface area contributed by atoms with E-state index < -0.39 is 9.84 Å². The lowest BCUT2D eigenvalue weighted by atomic mass is 10.3. The van der Waals surface area contributed by atoms with Crippen molar-refractivity contribution in [3.63, 3.8) is 0 Å². The maximum atomic E-state index is 12.4. The molecule has 2 nitrogen and oxygen atoms in total. The van der Waals surface area contributed by atoms with Crippen LogP contribution >= 0.6 is 46.4 Å². The summed E-state index contributed by atoms with van der Waals surface area (Å²) in [4.78, 5) is -0.0638. The van der Waals surface area contributed by atoms with E-state index in [0.29, 0.717) is 5.02 Å². The zero-order valence-corrected chi connectivity index (χ0v) is 13.0. The monoisotopic (exact) mass is 354 g/mol. The average Bonchev–Trinajstić information content (AvgIpc) is 2.26. The molecule has 2 aromatic rings. The molecule has 0 saturated heterocycles. The summed E-state index contributed by atoms with van der Waals surface area (Å²) in [5.41, 5.74) is 0. The molecular formula is C12H6Cl4O2S. The minimum absolute atomic E-state index is 0.0192. The Morgan fingerprint density at radius 2 is 1.32 bits per heavy atom. The maximum Gasteiger partial charge on any atom is 0.208 e. The van der Waals surface area contributed by atoms with Gasteiger partial charge in [-0.3, -0.25) is 0 Å². The van der Waals surface area contributed by atoms with Crippen LogP contribution in [-0.2, 0) is 9.84 Å². The third-order valence-electron chi connectivity index (χ3n) is 2.33. The first kappa shape index (κ1) is 14.9. The van der Waals surface area contributed by atoms with Gasteiger partial charge in [0.2, 0.25) is 9.84 Å². The molecule has 0 N–H and O–H groups in total. The van der Waals surface area contributed by atoms with Gasteiger partial charge < -0.3 is 0 Å². The fourth-order valence-corrected chi connectivity index (χ4v) is 4.25. The van der Waals surface area contributed by atoms with E-state index >= 15 is 0 Å². The Bertz CT molecular complexity index is 721. The van der Waals surface area contributed by atoms with Crippen LogP contribution in [0.1, 0.15) is 0 Å². The van der Waals surface area contributed by atoms with E-state index in [4.69, 9.17) is 46.4 Å². The molecule has 0 fully saturated rings. The van der Waals surface area contributed by atoms with Gasteiger partial charge in [-0.15, -0.1) is 0 Å². The summed E-state index contributed by atoms with van der Waals surface area (Å²) in [7, 11) is -3.79. The third-order valence-corrected chi connectivity index (χ3v) is 5.22. The van der Waals surface area contributed by atoms with Gasteiger partial charge in [0, 0.05) is 15.1 Å². The van der Waals surface area contributed by atoms with Crippen LogP contribution in [0.4, 0.5) is 0 Å². The van der Waals surface area contributed by atoms with Gasteiger partial charge in [0.1, 0.15) is 0 Å². The lowest BCUT2D eigenvalue weighted by Gasteiger charge is -2.08. The third kappa shape index (κ3) is 3.18. The molecule has 100 valence electrons. The highest BCUT2D eigenvalue weighted by Crippen LogP contribution is 2.32. The highest BCUT2D eigenvalue weighted by Gasteiger charge is 2.21. The Hall–Kier alpha value is -0.450. The molecular weight excluding hydrogens is 350 g/mol. The number of rotatable bonds is 2. The van der Waals surface area contributed by atoms with E-state index in [0.717, 1.165) is 0 Å². The summed E-state index contributed by atoms with van der Waals surface area (Å²) in [5.74, 6) is 0. The van der Waals surface area contributed by atoms with Crippen LogP contribution in [-0.4, -0.2) is 8.42 Å². The van der Waals surface area contributed by atoms with E-state index in [1.165, 1.54) is 36.4 Å². The van der Waals surface area contributed by atoms with Gasteiger partial charge in [-0.2, -0.15) is 0 Å². The summed E-state index contributed by atoms with van der Waals surface area (Å²) >= 11 is 23.3. The topological polar surface area (TPSA) is 34.1 Å². The van der Waals surface area contributed by atoms with Crippen LogP contribution in [0.25, 0.3) is 0 Å². The van der Waals surface area contributed by atoms with Crippen molar-refractivity contribution in [1.29, 1.82) is 0 Å². The number of hydrogen-bond acceptors (Lipinski definition) is 2. The average molecular weight is 356 g/mol. The van der Waals surface area contributed by atoms with E-state index in [9.17, 15) is 8.42 Å². The zero-order chi connectivity index (χ0) is 14.2. The van der Waals surface area contributed by atoms with E-state index in [2.05, 4.69) is 0 Å². The first-order valence-corrected chi connectivity index (χ1v) is 7.96. The van der Waals surface area contributed by atoms with Crippen molar-refractivity contribution in [3.8, 4) is 0 Å². The molecule has 0 aliphatic carbocycles. The molecule has 0 unspecified atom stereocenters. The molecule has 0 saturated carbocycles. The zero-order valence-electron chi connectivity index (χ0n) is 9.20. The molecule has 2 rings (SSSR count).